The number of fused-ring (bicyclic) bond motifs is 2. The topological polar surface area (TPSA) is 60.0 Å². The minimum atomic E-state index is -0.242. The largest absolute Gasteiger partial charge is 0.379 e. The van der Waals surface area contributed by atoms with Crippen molar-refractivity contribution in [1.29, 1.82) is 0 Å². The van der Waals surface area contributed by atoms with Gasteiger partial charge in [0.05, 0.1) is 38.7 Å². The average molecular weight is 362 g/mol. The molecule has 4 rings (SSSR count). The molecule has 2 saturated heterocycles. The molecule has 0 N–H and O–H groups in total. The fraction of sp³-hybridized carbons (Fsp3) is 0.789. The van der Waals surface area contributed by atoms with Crippen LogP contribution in [-0.2, 0) is 26.2 Å². The highest BCUT2D eigenvalue weighted by Gasteiger charge is 2.42. The Balaban J connectivity index is 1.44. The SMILES string of the molecule is CN(C)c1ncc2c(n1)C1(CCN(CC3COCCOC3)CC1)OCC2. The zero-order chi connectivity index (χ0) is 18.0. The molecule has 0 saturated carbocycles. The number of anilines is 1. The smallest absolute Gasteiger partial charge is 0.225 e. The van der Waals surface area contributed by atoms with Crippen molar-refractivity contribution in [3.63, 3.8) is 0 Å². The molecule has 0 bridgehead atoms. The maximum Gasteiger partial charge on any atom is 0.225 e. The zero-order valence-electron chi connectivity index (χ0n) is 15.9. The molecule has 0 aromatic carbocycles. The summed E-state index contributed by atoms with van der Waals surface area (Å²) in [5, 5.41) is 0. The number of likely N-dealkylation sites (tertiary alicyclic amines) is 1. The standard InChI is InChI=1S/C19H30N4O3/c1-22(2)18-20-11-16-3-8-26-19(17(16)21-18)4-6-23(7-5-19)12-15-13-24-9-10-25-14-15/h11,15H,3-10,12-14H2,1-2H3. The highest BCUT2D eigenvalue weighted by Crippen LogP contribution is 2.40. The minimum Gasteiger partial charge on any atom is -0.379 e. The maximum absolute atomic E-state index is 6.34. The number of aromatic nitrogens is 2. The third kappa shape index (κ3) is 3.71. The van der Waals surface area contributed by atoms with E-state index in [1.54, 1.807) is 0 Å². The normalized spacial score (nSPS) is 24.2. The molecule has 7 heteroatoms. The second-order valence-corrected chi connectivity index (χ2v) is 7.85. The molecule has 2 fully saturated rings. The third-order valence-electron chi connectivity index (χ3n) is 5.69. The summed E-state index contributed by atoms with van der Waals surface area (Å²) in [4.78, 5) is 13.9. The van der Waals surface area contributed by atoms with E-state index in [1.807, 2.05) is 25.2 Å². The molecular formula is C19H30N4O3. The van der Waals surface area contributed by atoms with Crippen LogP contribution in [0.2, 0.25) is 0 Å². The van der Waals surface area contributed by atoms with Crippen LogP contribution in [0, 0.1) is 5.92 Å². The summed E-state index contributed by atoms with van der Waals surface area (Å²) in [5.41, 5.74) is 2.12. The highest BCUT2D eigenvalue weighted by molar-refractivity contribution is 5.35. The van der Waals surface area contributed by atoms with Gasteiger partial charge < -0.3 is 24.0 Å². The highest BCUT2D eigenvalue weighted by atomic mass is 16.5. The molecule has 144 valence electrons. The summed E-state index contributed by atoms with van der Waals surface area (Å²) < 4.78 is 17.6. The molecule has 0 aliphatic carbocycles. The van der Waals surface area contributed by atoms with E-state index < -0.39 is 0 Å². The van der Waals surface area contributed by atoms with Crippen molar-refractivity contribution < 1.29 is 14.2 Å². The van der Waals surface area contributed by atoms with Crippen LogP contribution in [0.3, 0.4) is 0 Å². The van der Waals surface area contributed by atoms with Gasteiger partial charge in [-0.1, -0.05) is 0 Å². The van der Waals surface area contributed by atoms with Crippen LogP contribution in [0.15, 0.2) is 6.20 Å². The number of rotatable bonds is 3. The van der Waals surface area contributed by atoms with Gasteiger partial charge in [-0.3, -0.25) is 0 Å². The summed E-state index contributed by atoms with van der Waals surface area (Å²) in [6.07, 6.45) is 4.87. The molecule has 26 heavy (non-hydrogen) atoms. The number of ether oxygens (including phenoxy) is 3. The molecule has 1 aromatic heterocycles. The van der Waals surface area contributed by atoms with E-state index in [2.05, 4.69) is 9.88 Å². The van der Waals surface area contributed by atoms with Gasteiger partial charge in [-0.25, -0.2) is 9.97 Å². The van der Waals surface area contributed by atoms with Gasteiger partial charge in [0.25, 0.3) is 0 Å². The number of nitrogens with zero attached hydrogens (tertiary/aromatic N) is 4. The Morgan fingerprint density at radius 2 is 1.88 bits per heavy atom. The summed E-state index contributed by atoms with van der Waals surface area (Å²) in [7, 11) is 3.97. The van der Waals surface area contributed by atoms with Crippen molar-refractivity contribution >= 4 is 5.95 Å². The van der Waals surface area contributed by atoms with Crippen LogP contribution in [0.4, 0.5) is 5.95 Å². The maximum atomic E-state index is 6.34. The first-order valence-electron chi connectivity index (χ1n) is 9.72. The molecule has 0 atom stereocenters. The Bertz CT molecular complexity index is 609. The third-order valence-corrected chi connectivity index (χ3v) is 5.69. The lowest BCUT2D eigenvalue weighted by molar-refractivity contribution is -0.103. The summed E-state index contributed by atoms with van der Waals surface area (Å²) >= 11 is 0. The van der Waals surface area contributed by atoms with E-state index in [-0.39, 0.29) is 5.60 Å². The molecule has 3 aliphatic heterocycles. The molecule has 1 spiro atoms. The van der Waals surface area contributed by atoms with Crippen LogP contribution < -0.4 is 4.90 Å². The Morgan fingerprint density at radius 3 is 2.58 bits per heavy atom. The number of hydrogen-bond acceptors (Lipinski definition) is 7. The van der Waals surface area contributed by atoms with Gasteiger partial charge in [0.2, 0.25) is 5.95 Å². The first kappa shape index (κ1) is 18.1. The van der Waals surface area contributed by atoms with Crippen molar-refractivity contribution in [3.8, 4) is 0 Å². The van der Waals surface area contributed by atoms with E-state index in [9.17, 15) is 0 Å². The van der Waals surface area contributed by atoms with Crippen molar-refractivity contribution in [3.05, 3.63) is 17.5 Å². The summed E-state index contributed by atoms with van der Waals surface area (Å²) in [6.45, 7) is 6.91. The molecular weight excluding hydrogens is 332 g/mol. The fourth-order valence-corrected chi connectivity index (χ4v) is 4.23. The van der Waals surface area contributed by atoms with E-state index in [0.29, 0.717) is 5.92 Å². The molecule has 1 aromatic rings. The summed E-state index contributed by atoms with van der Waals surface area (Å²) in [6, 6.07) is 0. The molecule has 0 amide bonds. The lowest BCUT2D eigenvalue weighted by atomic mass is 9.83. The first-order valence-corrected chi connectivity index (χ1v) is 9.72. The van der Waals surface area contributed by atoms with Crippen LogP contribution in [0.5, 0.6) is 0 Å². The quantitative estimate of drug-likeness (QED) is 0.797. The van der Waals surface area contributed by atoms with Gasteiger partial charge in [-0.05, 0) is 24.8 Å². The van der Waals surface area contributed by atoms with Gasteiger partial charge in [-0.15, -0.1) is 0 Å². The molecule has 0 radical (unpaired) electrons. The van der Waals surface area contributed by atoms with Crippen molar-refractivity contribution in [2.75, 3.05) is 71.7 Å². The van der Waals surface area contributed by atoms with E-state index >= 15 is 0 Å². The van der Waals surface area contributed by atoms with Crippen LogP contribution in [-0.4, -0.2) is 81.6 Å². The van der Waals surface area contributed by atoms with Gasteiger partial charge in [0.15, 0.2) is 0 Å². The first-order chi connectivity index (χ1) is 12.7. The molecule has 7 nitrogen and oxygen atoms in total. The Labute approximate surface area is 155 Å². The summed E-state index contributed by atoms with van der Waals surface area (Å²) in [5.74, 6) is 1.23. The van der Waals surface area contributed by atoms with Gasteiger partial charge in [0.1, 0.15) is 5.60 Å². The lowest BCUT2D eigenvalue weighted by Crippen LogP contribution is -2.48. The molecule has 3 aliphatic rings. The van der Waals surface area contributed by atoms with Crippen molar-refractivity contribution in [2.45, 2.75) is 24.9 Å². The predicted molar refractivity (Wildman–Crippen MR) is 98.5 cm³/mol. The van der Waals surface area contributed by atoms with E-state index in [4.69, 9.17) is 19.2 Å². The monoisotopic (exact) mass is 362 g/mol. The Kier molecular flexibility index (Phi) is 5.40. The van der Waals surface area contributed by atoms with Crippen molar-refractivity contribution in [1.82, 2.24) is 14.9 Å². The zero-order valence-corrected chi connectivity index (χ0v) is 15.9. The Hall–Kier alpha value is -1.28. The average Bonchev–Trinajstić information content (AvgIpc) is 2.92. The molecule has 4 heterocycles. The minimum absolute atomic E-state index is 0.242. The predicted octanol–water partition coefficient (Wildman–Crippen LogP) is 1.07. The van der Waals surface area contributed by atoms with Gasteiger partial charge >= 0.3 is 0 Å². The van der Waals surface area contributed by atoms with Crippen LogP contribution in [0.1, 0.15) is 24.1 Å². The number of hydrogen-bond donors (Lipinski definition) is 0. The molecule has 0 unspecified atom stereocenters. The van der Waals surface area contributed by atoms with E-state index in [1.165, 1.54) is 5.56 Å². The Morgan fingerprint density at radius 1 is 1.15 bits per heavy atom. The lowest BCUT2D eigenvalue weighted by Gasteiger charge is -2.44. The van der Waals surface area contributed by atoms with Crippen molar-refractivity contribution in [2.24, 2.45) is 5.92 Å². The van der Waals surface area contributed by atoms with Gasteiger partial charge in [0, 0.05) is 45.8 Å². The second kappa shape index (κ2) is 7.76. The second-order valence-electron chi connectivity index (χ2n) is 7.85. The van der Waals surface area contributed by atoms with Crippen LogP contribution in [0.25, 0.3) is 0 Å². The van der Waals surface area contributed by atoms with Crippen LogP contribution >= 0.6 is 0 Å². The van der Waals surface area contributed by atoms with E-state index in [0.717, 1.165) is 83.6 Å². The fourth-order valence-electron chi connectivity index (χ4n) is 4.23. The van der Waals surface area contributed by atoms with Gasteiger partial charge in [-0.2, -0.15) is 0 Å². The number of piperidine rings is 1.